The molecule has 0 radical (unpaired) electrons. The Kier molecular flexibility index (Phi) is 3.86. The molecule has 0 N–H and O–H groups in total. The van der Waals surface area contributed by atoms with Crippen molar-refractivity contribution in [2.24, 2.45) is 5.92 Å². The van der Waals surface area contributed by atoms with Gasteiger partial charge in [0.25, 0.3) is 0 Å². The van der Waals surface area contributed by atoms with Crippen molar-refractivity contribution in [2.45, 2.75) is 37.9 Å². The van der Waals surface area contributed by atoms with Crippen LogP contribution in [-0.2, 0) is 17.6 Å². The summed E-state index contributed by atoms with van der Waals surface area (Å²) in [6.07, 6.45) is 4.89. The average Bonchev–Trinajstić information content (AvgIpc) is 2.59. The highest BCUT2D eigenvalue weighted by atomic mass is 16.5. The van der Waals surface area contributed by atoms with Gasteiger partial charge in [-0.2, -0.15) is 0 Å². The number of aryl methyl sites for hydroxylation is 1. The maximum Gasteiger partial charge on any atom is 0.122 e. The molecule has 0 aliphatic carbocycles. The quantitative estimate of drug-likeness (QED) is 0.851. The van der Waals surface area contributed by atoms with Gasteiger partial charge in [-0.05, 0) is 36.5 Å². The number of rotatable bonds is 3. The molecule has 0 amide bonds. The lowest BCUT2D eigenvalue weighted by Gasteiger charge is -2.41. The zero-order chi connectivity index (χ0) is 14.8. The van der Waals surface area contributed by atoms with Crippen LogP contribution in [0.25, 0.3) is 0 Å². The molecular weight excluding hydrogens is 272 g/mol. The van der Waals surface area contributed by atoms with E-state index in [-0.39, 0.29) is 0 Å². The van der Waals surface area contributed by atoms with Gasteiger partial charge in [-0.1, -0.05) is 48.5 Å². The standard InChI is InChI=1S/C20H22O2/c1-2-6-15(7-3-1)10-11-19-17-14-16-8-4-5-9-18(16)22-20(17)12-13-21-19/h1-9,17,19-20H,10-14H2/t17-,19-,20-/m0/s1. The summed E-state index contributed by atoms with van der Waals surface area (Å²) in [5, 5.41) is 0. The van der Waals surface area contributed by atoms with Gasteiger partial charge < -0.3 is 9.47 Å². The molecule has 2 nitrogen and oxygen atoms in total. The molecule has 1 saturated heterocycles. The van der Waals surface area contributed by atoms with Gasteiger partial charge in [0.2, 0.25) is 0 Å². The molecule has 0 spiro atoms. The highest BCUT2D eigenvalue weighted by Gasteiger charge is 2.38. The van der Waals surface area contributed by atoms with E-state index < -0.39 is 0 Å². The van der Waals surface area contributed by atoms with Crippen LogP contribution in [0.3, 0.4) is 0 Å². The lowest BCUT2D eigenvalue weighted by Crippen LogP contribution is -2.46. The molecule has 2 aromatic rings. The summed E-state index contributed by atoms with van der Waals surface area (Å²) in [6.45, 7) is 0.822. The molecule has 0 saturated carbocycles. The topological polar surface area (TPSA) is 18.5 Å². The Hall–Kier alpha value is -1.80. The molecule has 1 fully saturated rings. The van der Waals surface area contributed by atoms with Crippen molar-refractivity contribution in [1.82, 2.24) is 0 Å². The van der Waals surface area contributed by atoms with Gasteiger partial charge in [-0.15, -0.1) is 0 Å². The number of benzene rings is 2. The van der Waals surface area contributed by atoms with Crippen LogP contribution in [0.15, 0.2) is 54.6 Å². The molecule has 2 aliphatic rings. The molecule has 2 heteroatoms. The maximum atomic E-state index is 6.24. The summed E-state index contributed by atoms with van der Waals surface area (Å²) >= 11 is 0. The van der Waals surface area contributed by atoms with E-state index in [1.807, 2.05) is 0 Å². The van der Waals surface area contributed by atoms with Crippen LogP contribution in [-0.4, -0.2) is 18.8 Å². The number of hydrogen-bond acceptors (Lipinski definition) is 2. The third-order valence-corrected chi connectivity index (χ3v) is 4.96. The van der Waals surface area contributed by atoms with Crippen molar-refractivity contribution < 1.29 is 9.47 Å². The number of fused-ring (bicyclic) bond motifs is 2. The zero-order valence-corrected chi connectivity index (χ0v) is 12.8. The van der Waals surface area contributed by atoms with E-state index in [9.17, 15) is 0 Å². The Balaban J connectivity index is 1.47. The molecule has 0 aromatic heterocycles. The summed E-state index contributed by atoms with van der Waals surface area (Å²) in [7, 11) is 0. The fraction of sp³-hybridized carbons (Fsp3) is 0.400. The average molecular weight is 294 g/mol. The highest BCUT2D eigenvalue weighted by Crippen LogP contribution is 2.37. The monoisotopic (exact) mass is 294 g/mol. The first-order valence-electron chi connectivity index (χ1n) is 8.30. The largest absolute Gasteiger partial charge is 0.490 e. The summed E-state index contributed by atoms with van der Waals surface area (Å²) in [6, 6.07) is 19.1. The summed E-state index contributed by atoms with van der Waals surface area (Å²) in [5.74, 6) is 1.57. The minimum absolute atomic E-state index is 0.312. The van der Waals surface area contributed by atoms with Crippen LogP contribution < -0.4 is 4.74 Å². The third-order valence-electron chi connectivity index (χ3n) is 4.96. The van der Waals surface area contributed by atoms with Crippen molar-refractivity contribution >= 4 is 0 Å². The molecule has 4 rings (SSSR count). The predicted molar refractivity (Wildman–Crippen MR) is 87.2 cm³/mol. The van der Waals surface area contributed by atoms with Crippen molar-refractivity contribution in [3.05, 3.63) is 65.7 Å². The van der Waals surface area contributed by atoms with Gasteiger partial charge >= 0.3 is 0 Å². The van der Waals surface area contributed by atoms with E-state index >= 15 is 0 Å². The Morgan fingerprint density at radius 2 is 1.77 bits per heavy atom. The molecule has 2 aromatic carbocycles. The van der Waals surface area contributed by atoms with E-state index in [1.54, 1.807) is 0 Å². The fourth-order valence-electron chi connectivity index (χ4n) is 3.78. The molecule has 114 valence electrons. The van der Waals surface area contributed by atoms with Crippen molar-refractivity contribution in [3.63, 3.8) is 0 Å². The first-order chi connectivity index (χ1) is 10.9. The van der Waals surface area contributed by atoms with Crippen LogP contribution in [0.1, 0.15) is 24.0 Å². The number of ether oxygens (including phenoxy) is 2. The summed E-state index contributed by atoms with van der Waals surface area (Å²) in [5.41, 5.74) is 2.73. The van der Waals surface area contributed by atoms with Crippen molar-refractivity contribution in [1.29, 1.82) is 0 Å². The van der Waals surface area contributed by atoms with Crippen molar-refractivity contribution in [2.75, 3.05) is 6.61 Å². The van der Waals surface area contributed by atoms with E-state index in [4.69, 9.17) is 9.47 Å². The van der Waals surface area contributed by atoms with E-state index in [2.05, 4.69) is 54.6 Å². The van der Waals surface area contributed by atoms with Gasteiger partial charge in [0.05, 0.1) is 12.7 Å². The zero-order valence-electron chi connectivity index (χ0n) is 12.8. The first kappa shape index (κ1) is 13.8. The number of para-hydroxylation sites is 1. The third kappa shape index (κ3) is 2.76. The normalized spacial score (nSPS) is 26.6. The maximum absolute atomic E-state index is 6.24. The molecule has 0 bridgehead atoms. The molecule has 2 heterocycles. The van der Waals surface area contributed by atoms with Gasteiger partial charge in [0.1, 0.15) is 11.9 Å². The second-order valence-corrected chi connectivity index (χ2v) is 6.35. The van der Waals surface area contributed by atoms with Gasteiger partial charge in [0.15, 0.2) is 0 Å². The van der Waals surface area contributed by atoms with Gasteiger partial charge in [-0.25, -0.2) is 0 Å². The fourth-order valence-corrected chi connectivity index (χ4v) is 3.78. The van der Waals surface area contributed by atoms with Crippen LogP contribution in [0.2, 0.25) is 0 Å². The first-order valence-corrected chi connectivity index (χ1v) is 8.30. The Morgan fingerprint density at radius 3 is 2.68 bits per heavy atom. The minimum atomic E-state index is 0.312. The van der Waals surface area contributed by atoms with Crippen molar-refractivity contribution in [3.8, 4) is 5.75 Å². The second kappa shape index (κ2) is 6.13. The molecular formula is C20H22O2. The molecule has 2 aliphatic heterocycles. The second-order valence-electron chi connectivity index (χ2n) is 6.35. The lowest BCUT2D eigenvalue weighted by molar-refractivity contribution is -0.0921. The highest BCUT2D eigenvalue weighted by molar-refractivity contribution is 5.36. The van der Waals surface area contributed by atoms with E-state index in [0.717, 1.165) is 38.0 Å². The predicted octanol–water partition coefficient (Wildman–Crippen LogP) is 4.03. The molecule has 22 heavy (non-hydrogen) atoms. The molecule has 0 unspecified atom stereocenters. The summed E-state index contributed by atoms with van der Waals surface area (Å²) < 4.78 is 12.3. The van der Waals surface area contributed by atoms with Crippen LogP contribution in [0.4, 0.5) is 0 Å². The SMILES string of the molecule is c1ccc(CC[C@@H]2OCC[C@@H]3Oc4ccccc4C[C@@H]23)cc1. The summed E-state index contributed by atoms with van der Waals surface area (Å²) in [4.78, 5) is 0. The Labute approximate surface area is 132 Å². The van der Waals surface area contributed by atoms with E-state index in [1.165, 1.54) is 11.1 Å². The van der Waals surface area contributed by atoms with Crippen LogP contribution in [0.5, 0.6) is 5.75 Å². The van der Waals surface area contributed by atoms with Crippen LogP contribution in [0, 0.1) is 5.92 Å². The number of hydrogen-bond donors (Lipinski definition) is 0. The van der Waals surface area contributed by atoms with E-state index in [0.29, 0.717) is 18.1 Å². The van der Waals surface area contributed by atoms with Crippen LogP contribution >= 0.6 is 0 Å². The Bertz CT molecular complexity index is 623. The minimum Gasteiger partial charge on any atom is -0.490 e. The Morgan fingerprint density at radius 1 is 0.955 bits per heavy atom. The smallest absolute Gasteiger partial charge is 0.122 e. The van der Waals surface area contributed by atoms with Gasteiger partial charge in [0, 0.05) is 12.3 Å². The molecule has 3 atom stereocenters. The van der Waals surface area contributed by atoms with Gasteiger partial charge in [-0.3, -0.25) is 0 Å². The lowest BCUT2D eigenvalue weighted by atomic mass is 9.81.